The van der Waals surface area contributed by atoms with E-state index in [0.29, 0.717) is 59.0 Å². The zero-order valence-electron chi connectivity index (χ0n) is 25.7. The second-order valence-electron chi connectivity index (χ2n) is 10.6. The van der Waals surface area contributed by atoms with Crippen molar-refractivity contribution < 1.29 is 33.7 Å². The van der Waals surface area contributed by atoms with E-state index in [4.69, 9.17) is 14.2 Å². The monoisotopic (exact) mass is 615 g/mol. The molecule has 2 aromatic carbocycles. The number of carboxylic acid groups (broad SMARTS) is 1. The van der Waals surface area contributed by atoms with Crippen molar-refractivity contribution in [2.24, 2.45) is 5.92 Å². The van der Waals surface area contributed by atoms with Crippen molar-refractivity contribution >= 4 is 35.2 Å². The first-order chi connectivity index (χ1) is 20.5. The van der Waals surface area contributed by atoms with E-state index in [2.05, 4.69) is 16.0 Å². The lowest BCUT2D eigenvalue weighted by atomic mass is 9.95. The molecule has 2 aromatic rings. The molecule has 3 rings (SSSR count). The number of carbonyl (C=O) groups is 3. The van der Waals surface area contributed by atoms with Gasteiger partial charge in [0.05, 0.1) is 33.1 Å². The molecular formula is C31H41N3O8S. The minimum atomic E-state index is -1.13. The zero-order chi connectivity index (χ0) is 31.8. The number of amides is 2. The largest absolute Gasteiger partial charge is 0.493 e. The van der Waals surface area contributed by atoms with Crippen LogP contribution in [-0.2, 0) is 20.8 Å². The summed E-state index contributed by atoms with van der Waals surface area (Å²) in [5.41, 5.74) is 2.62. The number of benzene rings is 1. The second-order valence-corrected chi connectivity index (χ2v) is 11.6. The van der Waals surface area contributed by atoms with Crippen LogP contribution in [0.25, 0.3) is 11.1 Å². The lowest BCUT2D eigenvalue weighted by Gasteiger charge is -2.23. The van der Waals surface area contributed by atoms with Gasteiger partial charge in [0.1, 0.15) is 12.1 Å². The predicted molar refractivity (Wildman–Crippen MR) is 167 cm³/mol. The van der Waals surface area contributed by atoms with Crippen LogP contribution >= 0.6 is 11.8 Å². The summed E-state index contributed by atoms with van der Waals surface area (Å²) in [5.74, 6) is -0.295. The van der Waals surface area contributed by atoms with Gasteiger partial charge in [-0.05, 0) is 72.1 Å². The zero-order valence-corrected chi connectivity index (χ0v) is 26.5. The predicted octanol–water partition coefficient (Wildman–Crippen LogP) is 3.62. The number of rotatable bonds is 13. The Labute approximate surface area is 256 Å². The fourth-order valence-electron chi connectivity index (χ4n) is 5.29. The molecule has 234 valence electrons. The molecule has 0 saturated carbocycles. The van der Waals surface area contributed by atoms with Crippen LogP contribution in [0.3, 0.4) is 0 Å². The van der Waals surface area contributed by atoms with Gasteiger partial charge in [-0.25, -0.2) is 4.79 Å². The molecule has 12 heteroatoms. The number of ether oxygens (including phenoxy) is 3. The molecule has 0 heterocycles. The molecule has 0 saturated heterocycles. The Hall–Kier alpha value is -3.93. The maximum atomic E-state index is 13.7. The van der Waals surface area contributed by atoms with Crippen molar-refractivity contribution in [2.75, 3.05) is 38.7 Å². The van der Waals surface area contributed by atoms with E-state index < -0.39 is 30.0 Å². The summed E-state index contributed by atoms with van der Waals surface area (Å²) in [7, 11) is 4.58. The van der Waals surface area contributed by atoms with Gasteiger partial charge < -0.3 is 35.3 Å². The minimum absolute atomic E-state index is 0.160. The summed E-state index contributed by atoms with van der Waals surface area (Å²) in [5, 5.41) is 18.3. The molecule has 43 heavy (non-hydrogen) atoms. The number of nitrogens with one attached hydrogen (secondary N) is 3. The van der Waals surface area contributed by atoms with Gasteiger partial charge >= 0.3 is 5.97 Å². The van der Waals surface area contributed by atoms with Gasteiger partial charge in [-0.3, -0.25) is 14.4 Å². The molecule has 0 fully saturated rings. The highest BCUT2D eigenvalue weighted by Gasteiger charge is 2.31. The quantitative estimate of drug-likeness (QED) is 0.263. The number of anilines is 1. The molecule has 3 unspecified atom stereocenters. The molecule has 1 aliphatic rings. The molecule has 0 bridgehead atoms. The first kappa shape index (κ1) is 33.6. The summed E-state index contributed by atoms with van der Waals surface area (Å²) in [6.07, 6.45) is 3.33. The van der Waals surface area contributed by atoms with Crippen molar-refractivity contribution in [3.63, 3.8) is 0 Å². The number of thioether (sulfide) groups is 1. The van der Waals surface area contributed by atoms with Crippen molar-refractivity contribution in [3.8, 4) is 28.4 Å². The first-order valence-electron chi connectivity index (χ1n) is 14.0. The molecule has 4 N–H and O–H groups in total. The summed E-state index contributed by atoms with van der Waals surface area (Å²) in [4.78, 5) is 50.9. The average molecular weight is 616 g/mol. The molecule has 0 aliphatic heterocycles. The van der Waals surface area contributed by atoms with Crippen LogP contribution in [-0.4, -0.2) is 68.3 Å². The summed E-state index contributed by atoms with van der Waals surface area (Å²) in [6.45, 7) is 4.85. The summed E-state index contributed by atoms with van der Waals surface area (Å²) >= 11 is 1.53. The van der Waals surface area contributed by atoms with E-state index in [1.54, 1.807) is 33.1 Å². The Balaban J connectivity index is 2.20. The SMILES string of the molecule is COc1cc2c(c(OC)c1OC)-c1ccc(NC(CCSC)C(=O)NC(C(=O)O)C(C)C)c(=O)cc1C(NC(C)=O)CC2. The van der Waals surface area contributed by atoms with E-state index in [9.17, 15) is 24.3 Å². The van der Waals surface area contributed by atoms with Crippen LogP contribution in [0.5, 0.6) is 17.2 Å². The normalized spacial score (nSPS) is 15.2. The topological polar surface area (TPSA) is 152 Å². The molecule has 3 atom stereocenters. The third kappa shape index (κ3) is 7.73. The Kier molecular flexibility index (Phi) is 11.7. The Morgan fingerprint density at radius 2 is 1.77 bits per heavy atom. The fraction of sp³-hybridized carbons (Fsp3) is 0.484. The number of carboxylic acids is 1. The molecule has 0 spiro atoms. The third-order valence-corrected chi connectivity index (χ3v) is 8.05. The van der Waals surface area contributed by atoms with Gasteiger partial charge in [0, 0.05) is 12.5 Å². The first-order valence-corrected chi connectivity index (χ1v) is 15.4. The van der Waals surface area contributed by atoms with Crippen molar-refractivity contribution in [1.29, 1.82) is 0 Å². The van der Waals surface area contributed by atoms with Gasteiger partial charge in [-0.1, -0.05) is 19.9 Å². The van der Waals surface area contributed by atoms with Crippen LogP contribution < -0.4 is 35.6 Å². The fourth-order valence-corrected chi connectivity index (χ4v) is 5.76. The van der Waals surface area contributed by atoms with Crippen LogP contribution in [0.4, 0.5) is 5.69 Å². The molecule has 0 aromatic heterocycles. The molecule has 0 radical (unpaired) electrons. The summed E-state index contributed by atoms with van der Waals surface area (Å²) < 4.78 is 17.0. The van der Waals surface area contributed by atoms with Gasteiger partial charge in [0.25, 0.3) is 0 Å². The lowest BCUT2D eigenvalue weighted by Crippen LogP contribution is -2.50. The number of aliphatic carboxylic acids is 1. The van der Waals surface area contributed by atoms with Crippen LogP contribution in [0.2, 0.25) is 0 Å². The van der Waals surface area contributed by atoms with Crippen molar-refractivity contribution in [2.45, 2.75) is 58.2 Å². The number of methoxy groups -OCH3 is 3. The minimum Gasteiger partial charge on any atom is -0.493 e. The Morgan fingerprint density at radius 3 is 2.33 bits per heavy atom. The van der Waals surface area contributed by atoms with Crippen molar-refractivity contribution in [1.82, 2.24) is 10.6 Å². The van der Waals surface area contributed by atoms with Crippen molar-refractivity contribution in [3.05, 3.63) is 45.6 Å². The average Bonchev–Trinajstić information content (AvgIpc) is 3.20. The molecule has 1 aliphatic carbocycles. The molecule has 2 amide bonds. The summed E-state index contributed by atoms with van der Waals surface area (Å²) in [6, 6.07) is 4.30. The smallest absolute Gasteiger partial charge is 0.326 e. The van der Waals surface area contributed by atoms with E-state index in [0.717, 1.165) is 5.56 Å². The van der Waals surface area contributed by atoms with Gasteiger partial charge in [-0.2, -0.15) is 11.8 Å². The number of aryl methyl sites for hydroxylation is 1. The second kappa shape index (κ2) is 15.0. The van der Waals surface area contributed by atoms with Gasteiger partial charge in [-0.15, -0.1) is 0 Å². The Bertz CT molecular complexity index is 1410. The number of fused-ring (bicyclic) bond motifs is 3. The highest BCUT2D eigenvalue weighted by Crippen LogP contribution is 2.50. The van der Waals surface area contributed by atoms with Crippen LogP contribution in [0, 0.1) is 5.92 Å². The highest BCUT2D eigenvalue weighted by molar-refractivity contribution is 7.98. The van der Waals surface area contributed by atoms with E-state index in [1.165, 1.54) is 39.0 Å². The lowest BCUT2D eigenvalue weighted by molar-refractivity contribution is -0.143. The third-order valence-electron chi connectivity index (χ3n) is 7.40. The maximum Gasteiger partial charge on any atom is 0.326 e. The van der Waals surface area contributed by atoms with Gasteiger partial charge in [0.15, 0.2) is 11.5 Å². The van der Waals surface area contributed by atoms with Crippen LogP contribution in [0.15, 0.2) is 29.1 Å². The standard InChI is InChI=1S/C31H41N3O8S/c1-16(2)27(31(38)39)34-30(37)23(12-13-43-7)33-22-11-9-19-20(15-24(22)36)21(32-17(3)35)10-8-18-14-25(40-4)28(41-5)29(42-6)26(18)19/h9,11,14-16,21,23,27H,8,10,12-13H2,1-7H3,(H,32,35)(H,33,36)(H,34,37)(H,38,39). The molecular weight excluding hydrogens is 574 g/mol. The highest BCUT2D eigenvalue weighted by atomic mass is 32.2. The maximum absolute atomic E-state index is 13.7. The number of carbonyl (C=O) groups excluding carboxylic acids is 2. The Morgan fingerprint density at radius 1 is 1.07 bits per heavy atom. The van der Waals surface area contributed by atoms with Crippen LogP contribution in [0.1, 0.15) is 50.8 Å². The van der Waals surface area contributed by atoms with E-state index >= 15 is 0 Å². The number of hydrogen-bond donors (Lipinski definition) is 4. The van der Waals surface area contributed by atoms with E-state index in [-0.39, 0.29) is 22.9 Å². The molecule has 11 nitrogen and oxygen atoms in total. The van der Waals surface area contributed by atoms with E-state index in [1.807, 2.05) is 12.3 Å². The number of hydrogen-bond acceptors (Lipinski definition) is 9. The van der Waals surface area contributed by atoms with Gasteiger partial charge in [0.2, 0.25) is 23.0 Å².